The van der Waals surface area contributed by atoms with Crippen LogP contribution in [0.3, 0.4) is 0 Å². The molecule has 4 rings (SSSR count). The molecule has 0 radical (unpaired) electrons. The number of carbonyl (C=O) groups is 1. The van der Waals surface area contributed by atoms with Crippen molar-refractivity contribution in [2.75, 3.05) is 19.5 Å². The molecule has 3 aromatic rings. The number of aliphatic carboxylic acids is 1. The average molecular weight is 567 g/mol. The third kappa shape index (κ3) is 5.81. The van der Waals surface area contributed by atoms with Crippen LogP contribution in [-0.2, 0) is 13.9 Å². The van der Waals surface area contributed by atoms with Gasteiger partial charge in [-0.15, -0.1) is 0 Å². The normalized spacial score (nSPS) is 20.0. The van der Waals surface area contributed by atoms with Crippen LogP contribution in [0, 0.1) is 5.92 Å². The summed E-state index contributed by atoms with van der Waals surface area (Å²) in [4.78, 5) is 24.0. The second-order valence-corrected chi connectivity index (χ2v) is 10.5. The number of hydrogen-bond donors (Lipinski definition) is 3. The Morgan fingerprint density at radius 1 is 1.34 bits per heavy atom. The van der Waals surface area contributed by atoms with E-state index >= 15 is 0 Å². The molecule has 0 amide bonds. The SMILES string of the molecule is COc1nc(N)nc2c1ncn2[C@H]1C=C[C@@H](COP(=O)(N[C@@H](C)C(=O)O)Oc2ccc(Br)cc2)C1. The number of carboxylic acid groups (broad SMARTS) is 1. The Kier molecular flexibility index (Phi) is 7.41. The largest absolute Gasteiger partial charge is 0.480 e. The standard InChI is InChI=1S/C21H24BrN6O6P/c1-12(20(29)30)27-35(31,34-16-7-4-14(22)5-8-16)33-10-13-3-6-15(9-13)28-11-24-17-18(28)25-21(23)26-19(17)32-2/h3-8,11-13,15H,9-10H2,1-2H3,(H,27,31)(H,29,30)(H2,23,25,26)/t12-,13+,15-,35?/m0/s1. The van der Waals surface area contributed by atoms with Gasteiger partial charge in [-0.05, 0) is 37.6 Å². The Bertz CT molecular complexity index is 1300. The van der Waals surface area contributed by atoms with Gasteiger partial charge in [0.05, 0.1) is 26.1 Å². The third-order valence-corrected chi connectivity index (χ3v) is 7.50. The second-order valence-electron chi connectivity index (χ2n) is 7.89. The Labute approximate surface area is 209 Å². The first-order valence-corrected chi connectivity index (χ1v) is 12.9. The maximum absolute atomic E-state index is 13.4. The number of aromatic nitrogens is 4. The van der Waals surface area contributed by atoms with Crippen molar-refractivity contribution in [2.24, 2.45) is 5.92 Å². The number of nitrogens with one attached hydrogen (secondary N) is 1. The number of methoxy groups -OCH3 is 1. The number of nitrogen functional groups attached to an aromatic ring is 1. The summed E-state index contributed by atoms with van der Waals surface area (Å²) in [7, 11) is -2.52. The lowest BCUT2D eigenvalue weighted by Gasteiger charge is -2.23. The van der Waals surface area contributed by atoms with E-state index < -0.39 is 19.8 Å². The monoisotopic (exact) mass is 566 g/mol. The summed E-state index contributed by atoms with van der Waals surface area (Å²) < 4.78 is 32.6. The highest BCUT2D eigenvalue weighted by Crippen LogP contribution is 2.46. The van der Waals surface area contributed by atoms with E-state index in [9.17, 15) is 14.5 Å². The van der Waals surface area contributed by atoms with Gasteiger partial charge in [0.2, 0.25) is 11.8 Å². The molecule has 1 aliphatic carbocycles. The van der Waals surface area contributed by atoms with Crippen LogP contribution >= 0.6 is 23.7 Å². The lowest BCUT2D eigenvalue weighted by molar-refractivity contribution is -0.138. The molecule has 1 aliphatic rings. The van der Waals surface area contributed by atoms with Gasteiger partial charge in [-0.25, -0.2) is 9.55 Å². The van der Waals surface area contributed by atoms with Gasteiger partial charge in [0.1, 0.15) is 11.8 Å². The highest BCUT2D eigenvalue weighted by Gasteiger charge is 2.33. The molecule has 0 aliphatic heterocycles. The van der Waals surface area contributed by atoms with Crippen LogP contribution < -0.4 is 20.1 Å². The summed E-state index contributed by atoms with van der Waals surface area (Å²) >= 11 is 3.32. The van der Waals surface area contributed by atoms with Gasteiger partial charge < -0.3 is 24.7 Å². The summed E-state index contributed by atoms with van der Waals surface area (Å²) in [5.74, 6) is -0.669. The number of rotatable bonds is 10. The number of carboxylic acids is 1. The smallest absolute Gasteiger partial charge is 0.459 e. The highest BCUT2D eigenvalue weighted by molar-refractivity contribution is 9.10. The van der Waals surface area contributed by atoms with E-state index in [1.54, 1.807) is 30.6 Å². The number of imidazole rings is 1. The Morgan fingerprint density at radius 2 is 2.09 bits per heavy atom. The van der Waals surface area contributed by atoms with Gasteiger partial charge in [-0.3, -0.25) is 9.32 Å². The molecule has 0 saturated heterocycles. The van der Waals surface area contributed by atoms with Crippen molar-refractivity contribution in [3.8, 4) is 11.6 Å². The molecule has 2 heterocycles. The zero-order valence-corrected chi connectivity index (χ0v) is 21.3. The molecule has 35 heavy (non-hydrogen) atoms. The van der Waals surface area contributed by atoms with E-state index in [0.717, 1.165) is 4.47 Å². The van der Waals surface area contributed by atoms with Gasteiger partial charge in [0.25, 0.3) is 0 Å². The maximum atomic E-state index is 13.4. The second kappa shape index (κ2) is 10.3. The molecule has 14 heteroatoms. The number of benzene rings is 1. The number of hydrogen-bond acceptors (Lipinski definition) is 9. The van der Waals surface area contributed by atoms with Gasteiger partial charge in [0, 0.05) is 10.4 Å². The number of fused-ring (bicyclic) bond motifs is 1. The minimum absolute atomic E-state index is 0.0349. The van der Waals surface area contributed by atoms with Crippen LogP contribution in [0.15, 0.2) is 47.2 Å². The number of anilines is 1. The zero-order chi connectivity index (χ0) is 25.2. The molecule has 1 aromatic carbocycles. The molecule has 0 saturated carbocycles. The van der Waals surface area contributed by atoms with Crippen LogP contribution in [0.1, 0.15) is 19.4 Å². The predicted molar refractivity (Wildman–Crippen MR) is 131 cm³/mol. The van der Waals surface area contributed by atoms with E-state index in [4.69, 9.17) is 19.5 Å². The van der Waals surface area contributed by atoms with Crippen molar-refractivity contribution < 1.29 is 28.3 Å². The van der Waals surface area contributed by atoms with Crippen molar-refractivity contribution in [3.63, 3.8) is 0 Å². The van der Waals surface area contributed by atoms with Gasteiger partial charge in [-0.2, -0.15) is 15.1 Å². The Balaban J connectivity index is 1.46. The van der Waals surface area contributed by atoms with Crippen molar-refractivity contribution in [2.45, 2.75) is 25.4 Å². The minimum atomic E-state index is -4.01. The first kappa shape index (κ1) is 25.1. The molecule has 0 bridgehead atoms. The molecule has 4 atom stereocenters. The van der Waals surface area contributed by atoms with Gasteiger partial charge >= 0.3 is 13.7 Å². The fourth-order valence-corrected chi connectivity index (χ4v) is 5.40. The van der Waals surface area contributed by atoms with Crippen LogP contribution in [-0.4, -0.2) is 50.4 Å². The molecule has 4 N–H and O–H groups in total. The van der Waals surface area contributed by atoms with Crippen LogP contribution in [0.25, 0.3) is 11.2 Å². The molecule has 186 valence electrons. The minimum Gasteiger partial charge on any atom is -0.480 e. The fourth-order valence-electron chi connectivity index (χ4n) is 3.58. The van der Waals surface area contributed by atoms with E-state index in [0.29, 0.717) is 17.6 Å². The molecular weight excluding hydrogens is 543 g/mol. The lowest BCUT2D eigenvalue weighted by Crippen LogP contribution is -2.33. The zero-order valence-electron chi connectivity index (χ0n) is 18.9. The van der Waals surface area contributed by atoms with Crippen molar-refractivity contribution in [1.29, 1.82) is 0 Å². The predicted octanol–water partition coefficient (Wildman–Crippen LogP) is 3.56. The molecule has 12 nitrogen and oxygen atoms in total. The first-order valence-electron chi connectivity index (χ1n) is 10.6. The van der Waals surface area contributed by atoms with Crippen LogP contribution in [0.2, 0.25) is 0 Å². The molecule has 1 unspecified atom stereocenters. The Hall–Kier alpha value is -2.99. The number of halogens is 1. The van der Waals surface area contributed by atoms with E-state index in [1.807, 2.05) is 16.7 Å². The fraction of sp³-hybridized carbons (Fsp3) is 0.333. The molecule has 0 spiro atoms. The molecule has 0 fully saturated rings. The third-order valence-electron chi connectivity index (χ3n) is 5.33. The maximum Gasteiger partial charge on any atom is 0.459 e. The summed E-state index contributed by atoms with van der Waals surface area (Å²) in [5, 5.41) is 11.7. The van der Waals surface area contributed by atoms with Crippen LogP contribution in [0.5, 0.6) is 11.6 Å². The van der Waals surface area contributed by atoms with E-state index in [2.05, 4.69) is 36.0 Å². The van der Waals surface area contributed by atoms with E-state index in [-0.39, 0.29) is 36.1 Å². The molecular formula is C21H24BrN6O6P. The van der Waals surface area contributed by atoms with Gasteiger partial charge in [0.15, 0.2) is 11.2 Å². The number of ether oxygens (including phenoxy) is 1. The number of allylic oxidation sites excluding steroid dienone is 1. The van der Waals surface area contributed by atoms with E-state index in [1.165, 1.54) is 14.0 Å². The average Bonchev–Trinajstić information content (AvgIpc) is 3.45. The van der Waals surface area contributed by atoms with Crippen molar-refractivity contribution in [1.82, 2.24) is 24.6 Å². The van der Waals surface area contributed by atoms with Gasteiger partial charge in [-0.1, -0.05) is 28.1 Å². The first-order chi connectivity index (χ1) is 16.7. The molecule has 2 aromatic heterocycles. The van der Waals surface area contributed by atoms with Crippen molar-refractivity contribution in [3.05, 3.63) is 47.2 Å². The topological polar surface area (TPSA) is 164 Å². The van der Waals surface area contributed by atoms with Crippen LogP contribution in [0.4, 0.5) is 5.95 Å². The number of nitrogens with two attached hydrogens (primary N) is 1. The summed E-state index contributed by atoms with van der Waals surface area (Å²) in [6.45, 7) is 1.40. The summed E-state index contributed by atoms with van der Waals surface area (Å²) in [5.41, 5.74) is 6.83. The lowest BCUT2D eigenvalue weighted by atomic mass is 10.1. The Morgan fingerprint density at radius 3 is 2.77 bits per heavy atom. The summed E-state index contributed by atoms with van der Waals surface area (Å²) in [6.07, 6.45) is 6.14. The highest BCUT2D eigenvalue weighted by atomic mass is 79.9. The number of nitrogens with zero attached hydrogens (tertiary/aromatic N) is 4. The summed E-state index contributed by atoms with van der Waals surface area (Å²) in [6, 6.07) is 5.37. The quantitative estimate of drug-likeness (QED) is 0.242. The van der Waals surface area contributed by atoms with Crippen molar-refractivity contribution >= 4 is 46.8 Å².